The van der Waals surface area contributed by atoms with Gasteiger partial charge in [-0.15, -0.1) is 0 Å². The second-order valence-corrected chi connectivity index (χ2v) is 4.56. The summed E-state index contributed by atoms with van der Waals surface area (Å²) < 4.78 is 10.4. The predicted octanol–water partition coefficient (Wildman–Crippen LogP) is 0.953. The van der Waals surface area contributed by atoms with Crippen LogP contribution in [0.5, 0.6) is 11.5 Å². The Morgan fingerprint density at radius 3 is 2.95 bits per heavy atom. The molecule has 1 amide bonds. The highest BCUT2D eigenvalue weighted by atomic mass is 32.1. The molecule has 0 radical (unpaired) electrons. The molecule has 0 aliphatic carbocycles. The van der Waals surface area contributed by atoms with Gasteiger partial charge in [-0.3, -0.25) is 10.2 Å². The number of thiocarbonyl (C=S) groups is 1. The Balaban J connectivity index is 1.91. The van der Waals surface area contributed by atoms with Crippen LogP contribution in [0.25, 0.3) is 0 Å². The molecule has 1 aromatic carbocycles. The van der Waals surface area contributed by atoms with E-state index in [1.807, 2.05) is 0 Å². The second-order valence-electron chi connectivity index (χ2n) is 4.12. The monoisotopic (exact) mass is 294 g/mol. The van der Waals surface area contributed by atoms with Crippen molar-refractivity contribution in [2.24, 2.45) is 10.8 Å². The number of hydrogen-bond acceptors (Lipinski definition) is 5. The van der Waals surface area contributed by atoms with Crippen LogP contribution in [0.4, 0.5) is 5.69 Å². The molecule has 1 heterocycles. The number of fused-ring (bicyclic) bond motifs is 1. The summed E-state index contributed by atoms with van der Waals surface area (Å²) in [5.41, 5.74) is 8.86. The molecule has 2 rings (SSSR count). The fourth-order valence-corrected chi connectivity index (χ4v) is 1.65. The van der Waals surface area contributed by atoms with Crippen LogP contribution in [0, 0.1) is 0 Å². The van der Waals surface area contributed by atoms with Crippen molar-refractivity contribution in [3.63, 3.8) is 0 Å². The Labute approximate surface area is 121 Å². The maximum absolute atomic E-state index is 11.8. The molecule has 0 aromatic heterocycles. The Bertz CT molecular complexity index is 574. The quantitative estimate of drug-likeness (QED) is 0.434. The number of rotatable bonds is 4. The molecule has 0 spiro atoms. The largest absolute Gasteiger partial charge is 0.454 e. The SMILES string of the molecule is C/C(CC(=O)Nc1ccc2c(c1)OCO2)=N\NC(N)=S. The minimum Gasteiger partial charge on any atom is -0.454 e. The topological polar surface area (TPSA) is 98.0 Å². The van der Waals surface area contributed by atoms with Gasteiger partial charge in [0.25, 0.3) is 0 Å². The standard InChI is InChI=1S/C12H14N4O3S/c1-7(15-16-12(13)20)4-11(17)14-8-2-3-9-10(5-8)19-6-18-9/h2-3,5H,4,6H2,1H3,(H,14,17)(H3,13,16,20)/b15-7+. The molecule has 1 aliphatic heterocycles. The lowest BCUT2D eigenvalue weighted by molar-refractivity contribution is -0.115. The van der Waals surface area contributed by atoms with Gasteiger partial charge in [-0.25, -0.2) is 0 Å². The van der Waals surface area contributed by atoms with E-state index in [-0.39, 0.29) is 24.2 Å². The number of hydrogen-bond donors (Lipinski definition) is 3. The third-order valence-corrected chi connectivity index (χ3v) is 2.52. The minimum atomic E-state index is -0.199. The van der Waals surface area contributed by atoms with E-state index in [4.69, 9.17) is 15.2 Å². The maximum Gasteiger partial charge on any atom is 0.231 e. The zero-order valence-electron chi connectivity index (χ0n) is 10.8. The Morgan fingerprint density at radius 2 is 2.20 bits per heavy atom. The van der Waals surface area contributed by atoms with Crippen molar-refractivity contribution in [3.8, 4) is 11.5 Å². The van der Waals surface area contributed by atoms with Crippen molar-refractivity contribution >= 4 is 34.6 Å². The molecule has 0 unspecified atom stereocenters. The fourth-order valence-electron chi connectivity index (χ4n) is 1.60. The van der Waals surface area contributed by atoms with E-state index in [1.54, 1.807) is 25.1 Å². The second kappa shape index (κ2) is 6.20. The van der Waals surface area contributed by atoms with Crippen LogP contribution >= 0.6 is 12.2 Å². The highest BCUT2D eigenvalue weighted by Crippen LogP contribution is 2.34. The van der Waals surface area contributed by atoms with Crippen LogP contribution in [0.15, 0.2) is 23.3 Å². The first-order chi connectivity index (χ1) is 9.54. The number of ether oxygens (including phenoxy) is 2. The highest BCUT2D eigenvalue weighted by Gasteiger charge is 2.14. The Kier molecular flexibility index (Phi) is 4.36. The van der Waals surface area contributed by atoms with E-state index in [2.05, 4.69) is 28.1 Å². The van der Waals surface area contributed by atoms with Gasteiger partial charge in [-0.05, 0) is 31.3 Å². The summed E-state index contributed by atoms with van der Waals surface area (Å²) in [6.45, 7) is 1.90. The molecule has 0 bridgehead atoms. The minimum absolute atomic E-state index is 0.0560. The Hall–Kier alpha value is -2.35. The van der Waals surface area contributed by atoms with Gasteiger partial charge in [0.05, 0.1) is 6.42 Å². The number of carbonyl (C=O) groups excluding carboxylic acids is 1. The molecule has 1 aliphatic rings. The molecule has 7 nitrogen and oxygen atoms in total. The number of nitrogens with two attached hydrogens (primary N) is 1. The number of benzene rings is 1. The molecule has 0 atom stereocenters. The summed E-state index contributed by atoms with van der Waals surface area (Å²) in [5, 5.41) is 6.66. The molecule has 8 heteroatoms. The molecule has 0 fully saturated rings. The normalized spacial score (nSPS) is 12.9. The highest BCUT2D eigenvalue weighted by molar-refractivity contribution is 7.80. The van der Waals surface area contributed by atoms with E-state index in [1.165, 1.54) is 0 Å². The van der Waals surface area contributed by atoms with Gasteiger partial charge in [0, 0.05) is 17.5 Å². The summed E-state index contributed by atoms with van der Waals surface area (Å²) in [7, 11) is 0. The van der Waals surface area contributed by atoms with Gasteiger partial charge < -0.3 is 20.5 Å². The summed E-state index contributed by atoms with van der Waals surface area (Å²) in [5.74, 6) is 1.08. The number of hydrazone groups is 1. The van der Waals surface area contributed by atoms with Crippen LogP contribution in [0.3, 0.4) is 0 Å². The Morgan fingerprint density at radius 1 is 1.45 bits per heavy atom. The first-order valence-corrected chi connectivity index (χ1v) is 6.23. The van der Waals surface area contributed by atoms with E-state index < -0.39 is 0 Å². The molecule has 106 valence electrons. The lowest BCUT2D eigenvalue weighted by Crippen LogP contribution is -2.26. The first-order valence-electron chi connectivity index (χ1n) is 5.82. The van der Waals surface area contributed by atoms with Crippen LogP contribution < -0.4 is 25.9 Å². The van der Waals surface area contributed by atoms with Crippen molar-refractivity contribution in [2.45, 2.75) is 13.3 Å². The smallest absolute Gasteiger partial charge is 0.231 e. The van der Waals surface area contributed by atoms with E-state index >= 15 is 0 Å². The molecule has 1 aromatic rings. The van der Waals surface area contributed by atoms with Crippen LogP contribution in [-0.2, 0) is 4.79 Å². The van der Waals surface area contributed by atoms with Crippen LogP contribution in [0.2, 0.25) is 0 Å². The maximum atomic E-state index is 11.8. The van der Waals surface area contributed by atoms with E-state index in [0.29, 0.717) is 22.9 Å². The van der Waals surface area contributed by atoms with Crippen molar-refractivity contribution in [1.29, 1.82) is 0 Å². The predicted molar refractivity (Wildman–Crippen MR) is 78.8 cm³/mol. The van der Waals surface area contributed by atoms with E-state index in [9.17, 15) is 4.79 Å². The average Bonchev–Trinajstić information content (AvgIpc) is 2.83. The van der Waals surface area contributed by atoms with Gasteiger partial charge in [0.2, 0.25) is 12.7 Å². The zero-order valence-corrected chi connectivity index (χ0v) is 11.6. The molecular formula is C12H14N4O3S. The summed E-state index contributed by atoms with van der Waals surface area (Å²) >= 11 is 4.61. The molecule has 20 heavy (non-hydrogen) atoms. The van der Waals surface area contributed by atoms with Crippen LogP contribution in [0.1, 0.15) is 13.3 Å². The van der Waals surface area contributed by atoms with E-state index in [0.717, 1.165) is 0 Å². The van der Waals surface area contributed by atoms with Crippen molar-refractivity contribution in [3.05, 3.63) is 18.2 Å². The number of nitrogens with one attached hydrogen (secondary N) is 2. The van der Waals surface area contributed by atoms with Crippen molar-refractivity contribution in [1.82, 2.24) is 5.43 Å². The molecule has 4 N–H and O–H groups in total. The number of amides is 1. The number of nitrogens with zero attached hydrogens (tertiary/aromatic N) is 1. The third kappa shape index (κ3) is 3.82. The van der Waals surface area contributed by atoms with Crippen molar-refractivity contribution < 1.29 is 14.3 Å². The van der Waals surface area contributed by atoms with Gasteiger partial charge in [-0.1, -0.05) is 0 Å². The van der Waals surface area contributed by atoms with Crippen LogP contribution in [-0.4, -0.2) is 23.5 Å². The molecular weight excluding hydrogens is 280 g/mol. The number of anilines is 1. The van der Waals surface area contributed by atoms with Gasteiger partial charge in [-0.2, -0.15) is 5.10 Å². The van der Waals surface area contributed by atoms with Crippen molar-refractivity contribution in [2.75, 3.05) is 12.1 Å². The summed E-state index contributed by atoms with van der Waals surface area (Å²) in [6, 6.07) is 5.19. The lowest BCUT2D eigenvalue weighted by Gasteiger charge is -2.06. The number of carbonyl (C=O) groups is 1. The van der Waals surface area contributed by atoms with Gasteiger partial charge in [0.15, 0.2) is 16.6 Å². The lowest BCUT2D eigenvalue weighted by atomic mass is 10.2. The van der Waals surface area contributed by atoms with Gasteiger partial charge in [0.1, 0.15) is 0 Å². The zero-order chi connectivity index (χ0) is 14.5. The first kappa shape index (κ1) is 14.1. The third-order valence-electron chi connectivity index (χ3n) is 2.43. The summed E-state index contributed by atoms with van der Waals surface area (Å²) in [6.07, 6.45) is 0.129. The molecule has 0 saturated carbocycles. The fraction of sp³-hybridized carbons (Fsp3) is 0.250. The molecule has 0 saturated heterocycles. The summed E-state index contributed by atoms with van der Waals surface area (Å²) in [4.78, 5) is 11.8. The average molecular weight is 294 g/mol. The van der Waals surface area contributed by atoms with Gasteiger partial charge >= 0.3 is 0 Å².